The number of benzene rings is 2. The first-order chi connectivity index (χ1) is 14.9. The lowest BCUT2D eigenvalue weighted by atomic mass is 10.1. The highest BCUT2D eigenvalue weighted by Crippen LogP contribution is 2.29. The first-order valence-corrected chi connectivity index (χ1v) is 11.6. The van der Waals surface area contributed by atoms with Gasteiger partial charge in [-0.05, 0) is 49.4 Å². The van der Waals surface area contributed by atoms with E-state index in [2.05, 4.69) is 9.55 Å². The van der Waals surface area contributed by atoms with Crippen LogP contribution in [-0.4, -0.2) is 48.3 Å². The zero-order valence-electron chi connectivity index (χ0n) is 18.5. The van der Waals surface area contributed by atoms with E-state index in [-0.39, 0.29) is 4.90 Å². The van der Waals surface area contributed by atoms with Crippen LogP contribution < -0.4 is 0 Å². The second-order valence-electron chi connectivity index (χ2n) is 7.98. The number of sulfonamides is 1. The van der Waals surface area contributed by atoms with Gasteiger partial charge in [0, 0.05) is 27.2 Å². The molecule has 3 rings (SSSR count). The lowest BCUT2D eigenvalue weighted by molar-refractivity contribution is -0.137. The number of nitrogens with zero attached hydrogens (tertiary/aromatic N) is 4. The summed E-state index contributed by atoms with van der Waals surface area (Å²) in [6, 6.07) is 10.1. The summed E-state index contributed by atoms with van der Waals surface area (Å²) >= 11 is 0. The molecule has 0 bridgehead atoms. The van der Waals surface area contributed by atoms with Gasteiger partial charge in [-0.1, -0.05) is 19.1 Å². The number of fused-ring (bicyclic) bond motifs is 1. The van der Waals surface area contributed by atoms with E-state index in [0.29, 0.717) is 18.6 Å². The molecular weight excluding hydrogens is 441 g/mol. The summed E-state index contributed by atoms with van der Waals surface area (Å²) in [4.78, 5) is 6.83. The van der Waals surface area contributed by atoms with Gasteiger partial charge in [0.1, 0.15) is 5.82 Å². The number of aromatic nitrogens is 2. The van der Waals surface area contributed by atoms with E-state index >= 15 is 0 Å². The Hall–Kier alpha value is -2.43. The van der Waals surface area contributed by atoms with Crippen LogP contribution in [0.15, 0.2) is 47.4 Å². The highest BCUT2D eigenvalue weighted by Gasteiger charge is 2.30. The molecule has 0 N–H and O–H groups in total. The predicted octanol–water partition coefficient (Wildman–Crippen LogP) is 4.35. The van der Waals surface area contributed by atoms with Gasteiger partial charge in [-0.2, -0.15) is 13.2 Å². The van der Waals surface area contributed by atoms with E-state index in [4.69, 9.17) is 0 Å². The molecule has 0 aliphatic heterocycles. The van der Waals surface area contributed by atoms with Crippen LogP contribution in [0.1, 0.15) is 30.3 Å². The van der Waals surface area contributed by atoms with Crippen molar-refractivity contribution in [3.05, 3.63) is 59.4 Å². The first-order valence-electron chi connectivity index (χ1n) is 10.2. The highest BCUT2D eigenvalue weighted by atomic mass is 32.2. The molecular formula is C22H27F3N4O2S. The van der Waals surface area contributed by atoms with Crippen LogP contribution in [0.25, 0.3) is 11.0 Å². The molecule has 0 amide bonds. The summed E-state index contributed by atoms with van der Waals surface area (Å²) in [5, 5.41) is 0. The predicted molar refractivity (Wildman–Crippen MR) is 118 cm³/mol. The number of alkyl halides is 3. The molecule has 0 fully saturated rings. The van der Waals surface area contributed by atoms with E-state index in [0.717, 1.165) is 46.3 Å². The zero-order valence-corrected chi connectivity index (χ0v) is 19.3. The molecule has 2 aromatic carbocycles. The van der Waals surface area contributed by atoms with Gasteiger partial charge in [0.25, 0.3) is 0 Å². The van der Waals surface area contributed by atoms with Gasteiger partial charge < -0.3 is 4.57 Å². The van der Waals surface area contributed by atoms with Crippen molar-refractivity contribution >= 4 is 21.1 Å². The van der Waals surface area contributed by atoms with E-state index in [1.807, 2.05) is 18.9 Å². The number of imidazole rings is 1. The lowest BCUT2D eigenvalue weighted by Crippen LogP contribution is -2.22. The summed E-state index contributed by atoms with van der Waals surface area (Å²) in [6.07, 6.45) is -3.48. The second kappa shape index (κ2) is 9.21. The molecule has 10 heteroatoms. The summed E-state index contributed by atoms with van der Waals surface area (Å²) in [5.74, 6) is 0.774. The number of aryl methyl sites for hydroxylation is 1. The Balaban J connectivity index is 1.86. The van der Waals surface area contributed by atoms with Crippen LogP contribution in [0.3, 0.4) is 0 Å². The molecule has 1 heterocycles. The zero-order chi connectivity index (χ0) is 23.7. The minimum atomic E-state index is -4.35. The minimum absolute atomic E-state index is 0.181. The Morgan fingerprint density at radius 3 is 2.22 bits per heavy atom. The van der Waals surface area contributed by atoms with Crippen molar-refractivity contribution < 1.29 is 21.6 Å². The molecule has 6 nitrogen and oxygen atoms in total. The van der Waals surface area contributed by atoms with Crippen molar-refractivity contribution in [2.75, 3.05) is 21.1 Å². The van der Waals surface area contributed by atoms with Crippen molar-refractivity contribution in [1.29, 1.82) is 0 Å². The van der Waals surface area contributed by atoms with Gasteiger partial charge in [-0.25, -0.2) is 17.7 Å². The maximum Gasteiger partial charge on any atom is 0.416 e. The summed E-state index contributed by atoms with van der Waals surface area (Å²) in [5.41, 5.74) is 1.54. The van der Waals surface area contributed by atoms with E-state index in [1.54, 1.807) is 18.2 Å². The van der Waals surface area contributed by atoms with Gasteiger partial charge in [0.2, 0.25) is 10.0 Å². The molecule has 0 aliphatic carbocycles. The average Bonchev–Trinajstić information content (AvgIpc) is 3.04. The maximum absolute atomic E-state index is 12.8. The molecule has 32 heavy (non-hydrogen) atoms. The fourth-order valence-electron chi connectivity index (χ4n) is 3.53. The number of hydrogen-bond acceptors (Lipinski definition) is 4. The monoisotopic (exact) mass is 468 g/mol. The normalized spacial score (nSPS) is 12.9. The van der Waals surface area contributed by atoms with Crippen molar-refractivity contribution in [2.24, 2.45) is 0 Å². The lowest BCUT2D eigenvalue weighted by Gasteiger charge is -2.18. The molecule has 0 saturated heterocycles. The average molecular weight is 469 g/mol. The number of hydrogen-bond donors (Lipinski definition) is 0. The molecule has 3 aromatic rings. The van der Waals surface area contributed by atoms with Crippen molar-refractivity contribution in [1.82, 2.24) is 18.8 Å². The van der Waals surface area contributed by atoms with Crippen LogP contribution in [0.2, 0.25) is 0 Å². The van der Waals surface area contributed by atoms with Crippen LogP contribution >= 0.6 is 0 Å². The third kappa shape index (κ3) is 5.13. The molecule has 1 aromatic heterocycles. The molecule has 0 unspecified atom stereocenters. The van der Waals surface area contributed by atoms with E-state index in [9.17, 15) is 21.6 Å². The van der Waals surface area contributed by atoms with Gasteiger partial charge in [0.15, 0.2) is 0 Å². The van der Waals surface area contributed by atoms with E-state index in [1.165, 1.54) is 26.2 Å². The number of halogens is 3. The molecule has 174 valence electrons. The van der Waals surface area contributed by atoms with Crippen molar-refractivity contribution in [3.8, 4) is 0 Å². The Kier molecular flexibility index (Phi) is 6.97. The summed E-state index contributed by atoms with van der Waals surface area (Å²) < 4.78 is 66.5. The van der Waals surface area contributed by atoms with Crippen LogP contribution in [0.4, 0.5) is 13.2 Å². The standard InChI is InChI=1S/C22H27F3N4O2S/c1-5-12-29-20-11-10-18(32(30,31)27(2)3)13-19(20)26-21(29)15-28(4)14-16-6-8-17(9-7-16)22(23,24)25/h6-11,13H,5,12,14-15H2,1-4H3. The van der Waals surface area contributed by atoms with Gasteiger partial charge >= 0.3 is 6.18 Å². The Morgan fingerprint density at radius 2 is 1.66 bits per heavy atom. The van der Waals surface area contributed by atoms with Crippen molar-refractivity contribution in [2.45, 2.75) is 44.1 Å². The largest absolute Gasteiger partial charge is 0.416 e. The first kappa shape index (κ1) is 24.2. The Labute approximate surface area is 186 Å². The fraction of sp³-hybridized carbons (Fsp3) is 0.409. The fourth-order valence-corrected chi connectivity index (χ4v) is 4.45. The molecule has 0 atom stereocenters. The van der Waals surface area contributed by atoms with Crippen LogP contribution in [-0.2, 0) is 35.8 Å². The van der Waals surface area contributed by atoms with Crippen LogP contribution in [0.5, 0.6) is 0 Å². The minimum Gasteiger partial charge on any atom is -0.327 e. The van der Waals surface area contributed by atoms with Gasteiger partial charge in [0.05, 0.1) is 28.0 Å². The summed E-state index contributed by atoms with van der Waals surface area (Å²) in [7, 11) is 1.27. The van der Waals surface area contributed by atoms with E-state index < -0.39 is 21.8 Å². The Morgan fingerprint density at radius 1 is 1.00 bits per heavy atom. The summed E-state index contributed by atoms with van der Waals surface area (Å²) in [6.45, 7) is 3.69. The van der Waals surface area contributed by atoms with Crippen molar-refractivity contribution in [3.63, 3.8) is 0 Å². The molecule has 0 spiro atoms. The third-order valence-corrected chi connectivity index (χ3v) is 6.98. The molecule has 0 radical (unpaired) electrons. The topological polar surface area (TPSA) is 58.4 Å². The quantitative estimate of drug-likeness (QED) is 0.493. The van der Waals surface area contributed by atoms with Gasteiger partial charge in [-0.3, -0.25) is 4.90 Å². The second-order valence-corrected chi connectivity index (χ2v) is 10.1. The molecule has 0 saturated carbocycles. The molecule has 0 aliphatic rings. The Bertz CT molecular complexity index is 1190. The third-order valence-electron chi connectivity index (χ3n) is 5.17. The van der Waals surface area contributed by atoms with Crippen LogP contribution in [0, 0.1) is 0 Å². The smallest absolute Gasteiger partial charge is 0.327 e. The SMILES string of the molecule is CCCn1c(CN(C)Cc2ccc(C(F)(F)F)cc2)nc2cc(S(=O)(=O)N(C)C)ccc21. The van der Waals surface area contributed by atoms with Gasteiger partial charge in [-0.15, -0.1) is 0 Å². The number of rotatable bonds is 8. The maximum atomic E-state index is 12.8. The highest BCUT2D eigenvalue weighted by molar-refractivity contribution is 7.89.